The number of rotatable bonds is 3. The summed E-state index contributed by atoms with van der Waals surface area (Å²) in [4.78, 5) is 19.0. The maximum absolute atomic E-state index is 12.5. The van der Waals surface area contributed by atoms with Gasteiger partial charge in [0.05, 0.1) is 0 Å². The molecule has 0 saturated heterocycles. The van der Waals surface area contributed by atoms with Crippen molar-refractivity contribution in [1.29, 1.82) is 0 Å². The molecule has 0 saturated carbocycles. The molecule has 3 aromatic rings. The van der Waals surface area contributed by atoms with Gasteiger partial charge < -0.3 is 4.52 Å². The van der Waals surface area contributed by atoms with Crippen LogP contribution in [0.1, 0.15) is 28.4 Å². The summed E-state index contributed by atoms with van der Waals surface area (Å²) in [6.07, 6.45) is -4.13. The monoisotopic (exact) mass is 364 g/mol. The predicted molar refractivity (Wildman–Crippen MR) is 86.5 cm³/mol. The Morgan fingerprint density at radius 2 is 1.77 bits per heavy atom. The van der Waals surface area contributed by atoms with Crippen LogP contribution in [0.5, 0.6) is 0 Å². The maximum atomic E-state index is 12.5. The molecule has 2 aromatic heterocycles. The quantitative estimate of drug-likeness (QED) is 0.714. The van der Waals surface area contributed by atoms with Gasteiger partial charge in [0.2, 0.25) is 5.82 Å². The maximum Gasteiger partial charge on any atom is 0.471 e. The Bertz CT molecular complexity index is 1000. The van der Waals surface area contributed by atoms with E-state index < -0.39 is 12.1 Å². The van der Waals surface area contributed by atoms with Crippen molar-refractivity contribution < 1.29 is 17.7 Å². The molecule has 136 valence electrons. The summed E-state index contributed by atoms with van der Waals surface area (Å²) in [6, 6.07) is 6.78. The number of hydrogen-bond donors (Lipinski definition) is 0. The smallest absolute Gasteiger partial charge is 0.329 e. The Morgan fingerprint density at radius 1 is 1.12 bits per heavy atom. The molecular formula is C17H15F3N4O2. The minimum absolute atomic E-state index is 0.125. The number of aromatic nitrogens is 4. The molecule has 0 aliphatic carbocycles. The number of nitrogens with zero attached hydrogens (tertiary/aromatic N) is 4. The number of aryl methyl sites for hydroxylation is 1. The summed E-state index contributed by atoms with van der Waals surface area (Å²) in [5, 5.41) is 3.36. The lowest BCUT2D eigenvalue weighted by atomic mass is 10.0. The van der Waals surface area contributed by atoms with E-state index in [9.17, 15) is 18.0 Å². The Balaban J connectivity index is 1.86. The van der Waals surface area contributed by atoms with Gasteiger partial charge in [-0.1, -0.05) is 29.4 Å². The van der Waals surface area contributed by atoms with E-state index in [0.29, 0.717) is 17.7 Å². The molecule has 1 aromatic carbocycles. The van der Waals surface area contributed by atoms with Crippen molar-refractivity contribution in [3.05, 3.63) is 63.2 Å². The Labute approximate surface area is 146 Å². The van der Waals surface area contributed by atoms with E-state index in [1.54, 1.807) is 38.2 Å². The van der Waals surface area contributed by atoms with Gasteiger partial charge in [-0.2, -0.15) is 23.1 Å². The SMILES string of the molecule is Cc1nc(=O)n(C)c(C)c1Cc1ccc(-c2noc(C(F)(F)F)n2)cc1. The average molecular weight is 364 g/mol. The van der Waals surface area contributed by atoms with Crippen molar-refractivity contribution in [2.75, 3.05) is 0 Å². The van der Waals surface area contributed by atoms with Gasteiger partial charge in [-0.25, -0.2) is 4.79 Å². The molecule has 0 bridgehead atoms. The minimum Gasteiger partial charge on any atom is -0.329 e. The molecule has 0 atom stereocenters. The highest BCUT2D eigenvalue weighted by atomic mass is 19.4. The Hall–Kier alpha value is -2.97. The molecule has 0 fully saturated rings. The molecule has 0 spiro atoms. The fourth-order valence-electron chi connectivity index (χ4n) is 2.58. The van der Waals surface area contributed by atoms with Crippen LogP contribution in [0.4, 0.5) is 13.2 Å². The molecular weight excluding hydrogens is 349 g/mol. The van der Waals surface area contributed by atoms with Gasteiger partial charge >= 0.3 is 17.8 Å². The first kappa shape index (κ1) is 17.8. The van der Waals surface area contributed by atoms with Gasteiger partial charge in [-0.05, 0) is 25.0 Å². The third kappa shape index (κ3) is 3.37. The van der Waals surface area contributed by atoms with Crippen LogP contribution in [0.2, 0.25) is 0 Å². The lowest BCUT2D eigenvalue weighted by molar-refractivity contribution is -0.159. The largest absolute Gasteiger partial charge is 0.471 e. The molecule has 26 heavy (non-hydrogen) atoms. The second kappa shape index (κ2) is 6.40. The number of halogens is 3. The van der Waals surface area contributed by atoms with Crippen LogP contribution in [0, 0.1) is 13.8 Å². The predicted octanol–water partition coefficient (Wildman–Crippen LogP) is 3.06. The second-order valence-electron chi connectivity index (χ2n) is 5.90. The molecule has 9 heteroatoms. The van der Waals surface area contributed by atoms with Crippen molar-refractivity contribution in [2.24, 2.45) is 7.05 Å². The number of alkyl halides is 3. The minimum atomic E-state index is -4.67. The fraction of sp³-hybridized carbons (Fsp3) is 0.294. The van der Waals surface area contributed by atoms with Gasteiger partial charge in [0.15, 0.2) is 0 Å². The first-order valence-electron chi connectivity index (χ1n) is 7.70. The number of hydrogen-bond acceptors (Lipinski definition) is 5. The molecule has 2 heterocycles. The van der Waals surface area contributed by atoms with E-state index >= 15 is 0 Å². The molecule has 3 rings (SSSR count). The molecule has 6 nitrogen and oxygen atoms in total. The topological polar surface area (TPSA) is 73.8 Å². The van der Waals surface area contributed by atoms with Crippen LogP contribution >= 0.6 is 0 Å². The summed E-state index contributed by atoms with van der Waals surface area (Å²) >= 11 is 0. The van der Waals surface area contributed by atoms with E-state index in [0.717, 1.165) is 16.8 Å². The van der Waals surface area contributed by atoms with Crippen LogP contribution in [-0.2, 0) is 19.6 Å². The second-order valence-corrected chi connectivity index (χ2v) is 5.90. The number of benzene rings is 1. The van der Waals surface area contributed by atoms with Crippen molar-refractivity contribution in [3.8, 4) is 11.4 Å². The lowest BCUT2D eigenvalue weighted by Gasteiger charge is -2.12. The molecule has 0 radical (unpaired) electrons. The fourth-order valence-corrected chi connectivity index (χ4v) is 2.58. The molecule has 0 aliphatic heterocycles. The van der Waals surface area contributed by atoms with Crippen molar-refractivity contribution in [1.82, 2.24) is 19.7 Å². The van der Waals surface area contributed by atoms with Gasteiger partial charge in [-0.3, -0.25) is 4.57 Å². The van der Waals surface area contributed by atoms with Crippen LogP contribution in [0.15, 0.2) is 33.6 Å². The van der Waals surface area contributed by atoms with E-state index in [2.05, 4.69) is 19.6 Å². The zero-order valence-corrected chi connectivity index (χ0v) is 14.3. The standard InChI is InChI=1S/C17H15F3N4O2/c1-9-13(10(2)24(3)16(25)21-9)8-11-4-6-12(7-5-11)14-22-15(26-23-14)17(18,19)20/h4-7H,8H2,1-3H3. The van der Waals surface area contributed by atoms with Crippen LogP contribution in [-0.4, -0.2) is 19.7 Å². The van der Waals surface area contributed by atoms with Crippen molar-refractivity contribution in [3.63, 3.8) is 0 Å². The molecule has 0 amide bonds. The van der Waals surface area contributed by atoms with Crippen LogP contribution < -0.4 is 5.69 Å². The van der Waals surface area contributed by atoms with Gasteiger partial charge in [0.1, 0.15) is 0 Å². The van der Waals surface area contributed by atoms with Crippen molar-refractivity contribution >= 4 is 0 Å². The average Bonchev–Trinajstić information content (AvgIpc) is 3.08. The summed E-state index contributed by atoms with van der Waals surface area (Å²) in [7, 11) is 1.66. The molecule has 0 N–H and O–H groups in total. The summed E-state index contributed by atoms with van der Waals surface area (Å²) in [5.41, 5.74) is 3.43. The van der Waals surface area contributed by atoms with E-state index in [-0.39, 0.29) is 11.5 Å². The third-order valence-electron chi connectivity index (χ3n) is 4.19. The highest BCUT2D eigenvalue weighted by molar-refractivity contribution is 5.55. The Kier molecular flexibility index (Phi) is 4.39. The normalized spacial score (nSPS) is 11.8. The van der Waals surface area contributed by atoms with Crippen molar-refractivity contribution in [2.45, 2.75) is 26.4 Å². The highest BCUT2D eigenvalue weighted by Gasteiger charge is 2.38. The third-order valence-corrected chi connectivity index (χ3v) is 4.19. The summed E-state index contributed by atoms with van der Waals surface area (Å²) in [5.74, 6) is -1.50. The highest BCUT2D eigenvalue weighted by Crippen LogP contribution is 2.29. The molecule has 0 unspecified atom stereocenters. The summed E-state index contributed by atoms with van der Waals surface area (Å²) < 4.78 is 43.3. The first-order valence-corrected chi connectivity index (χ1v) is 7.70. The zero-order chi connectivity index (χ0) is 19.1. The van der Waals surface area contributed by atoms with E-state index in [4.69, 9.17) is 0 Å². The lowest BCUT2D eigenvalue weighted by Crippen LogP contribution is -2.25. The van der Waals surface area contributed by atoms with E-state index in [1.165, 1.54) is 4.57 Å². The molecule has 0 aliphatic rings. The summed E-state index contributed by atoms with van der Waals surface area (Å²) in [6.45, 7) is 3.62. The van der Waals surface area contributed by atoms with Gasteiger partial charge in [0, 0.05) is 30.4 Å². The Morgan fingerprint density at radius 3 is 2.35 bits per heavy atom. The zero-order valence-electron chi connectivity index (χ0n) is 14.3. The van der Waals surface area contributed by atoms with Crippen LogP contribution in [0.3, 0.4) is 0 Å². The van der Waals surface area contributed by atoms with Crippen LogP contribution in [0.25, 0.3) is 11.4 Å². The first-order chi connectivity index (χ1) is 12.2. The van der Waals surface area contributed by atoms with Gasteiger partial charge in [0.25, 0.3) is 0 Å². The van der Waals surface area contributed by atoms with Gasteiger partial charge in [-0.15, -0.1) is 0 Å². The van der Waals surface area contributed by atoms with E-state index in [1.807, 2.05) is 6.92 Å².